The van der Waals surface area contributed by atoms with E-state index >= 15 is 0 Å². The van der Waals surface area contributed by atoms with Crippen molar-refractivity contribution >= 4 is 15.9 Å². The van der Waals surface area contributed by atoms with Crippen LogP contribution in [0.25, 0.3) is 0 Å². The van der Waals surface area contributed by atoms with E-state index < -0.39 is 0 Å². The standard InChI is InChI=1S/C6H9BrO3/c7-6(4-10-6)3-8-1-5-2-9-5/h5H,1-4H2. The monoisotopic (exact) mass is 208 g/mol. The lowest BCUT2D eigenvalue weighted by molar-refractivity contribution is 0.0955. The molecule has 0 aromatic carbocycles. The van der Waals surface area contributed by atoms with E-state index in [2.05, 4.69) is 15.9 Å². The first-order valence-electron chi connectivity index (χ1n) is 3.31. The zero-order valence-corrected chi connectivity index (χ0v) is 7.09. The van der Waals surface area contributed by atoms with Gasteiger partial charge in [-0.15, -0.1) is 0 Å². The Kier molecular flexibility index (Phi) is 1.72. The Bertz CT molecular complexity index is 131. The first-order valence-corrected chi connectivity index (χ1v) is 4.10. The minimum atomic E-state index is -0.151. The molecule has 0 spiro atoms. The molecule has 2 saturated heterocycles. The van der Waals surface area contributed by atoms with Crippen molar-refractivity contribution in [1.82, 2.24) is 0 Å². The zero-order valence-electron chi connectivity index (χ0n) is 5.51. The third-order valence-electron chi connectivity index (χ3n) is 1.48. The van der Waals surface area contributed by atoms with Crippen LogP contribution in [0.5, 0.6) is 0 Å². The van der Waals surface area contributed by atoms with Gasteiger partial charge in [0.1, 0.15) is 6.10 Å². The highest BCUT2D eigenvalue weighted by atomic mass is 79.9. The number of hydrogen-bond acceptors (Lipinski definition) is 3. The molecule has 3 nitrogen and oxygen atoms in total. The minimum Gasteiger partial charge on any atom is -0.375 e. The highest BCUT2D eigenvalue weighted by Crippen LogP contribution is 2.34. The normalized spacial score (nSPS) is 43.5. The van der Waals surface area contributed by atoms with Crippen LogP contribution in [0.1, 0.15) is 0 Å². The molecule has 2 aliphatic rings. The van der Waals surface area contributed by atoms with Crippen molar-refractivity contribution in [2.24, 2.45) is 0 Å². The van der Waals surface area contributed by atoms with Gasteiger partial charge in [0, 0.05) is 0 Å². The number of alkyl halides is 1. The molecule has 0 aromatic heterocycles. The first kappa shape index (κ1) is 7.03. The molecule has 0 N–H and O–H groups in total. The predicted octanol–water partition coefficient (Wildman–Crippen LogP) is 0.523. The summed E-state index contributed by atoms with van der Waals surface area (Å²) in [7, 11) is 0. The molecular weight excluding hydrogens is 200 g/mol. The van der Waals surface area contributed by atoms with Gasteiger partial charge in [0.05, 0.1) is 26.4 Å². The van der Waals surface area contributed by atoms with Gasteiger partial charge in [-0.1, -0.05) is 0 Å². The molecule has 2 rings (SSSR count). The zero-order chi connectivity index (χ0) is 7.03. The largest absolute Gasteiger partial charge is 0.375 e. The van der Waals surface area contributed by atoms with Crippen LogP contribution < -0.4 is 0 Å². The van der Waals surface area contributed by atoms with E-state index in [1.54, 1.807) is 0 Å². The molecule has 0 saturated carbocycles. The van der Waals surface area contributed by atoms with Crippen LogP contribution in [0.3, 0.4) is 0 Å². The van der Waals surface area contributed by atoms with Gasteiger partial charge in [0.15, 0.2) is 4.51 Å². The minimum absolute atomic E-state index is 0.151. The Morgan fingerprint density at radius 3 is 2.90 bits per heavy atom. The van der Waals surface area contributed by atoms with Crippen molar-refractivity contribution in [3.63, 3.8) is 0 Å². The maximum atomic E-state index is 5.29. The van der Waals surface area contributed by atoms with E-state index in [1.165, 1.54) is 0 Å². The molecule has 2 fully saturated rings. The van der Waals surface area contributed by atoms with Crippen molar-refractivity contribution in [2.75, 3.05) is 26.4 Å². The van der Waals surface area contributed by atoms with Gasteiger partial charge in [-0.25, -0.2) is 0 Å². The molecule has 10 heavy (non-hydrogen) atoms. The molecule has 0 aromatic rings. The van der Waals surface area contributed by atoms with Crippen LogP contribution >= 0.6 is 15.9 Å². The lowest BCUT2D eigenvalue weighted by atomic mass is 10.5. The summed E-state index contributed by atoms with van der Waals surface area (Å²) in [5, 5.41) is 0. The second-order valence-electron chi connectivity index (χ2n) is 2.64. The molecule has 2 unspecified atom stereocenters. The average Bonchev–Trinajstić information content (AvgIpc) is 2.70. The van der Waals surface area contributed by atoms with Gasteiger partial charge in [-0.05, 0) is 15.9 Å². The molecule has 0 radical (unpaired) electrons. The van der Waals surface area contributed by atoms with E-state index in [4.69, 9.17) is 14.2 Å². The van der Waals surface area contributed by atoms with Crippen LogP contribution in [0.15, 0.2) is 0 Å². The number of halogens is 1. The van der Waals surface area contributed by atoms with Crippen molar-refractivity contribution in [3.05, 3.63) is 0 Å². The predicted molar refractivity (Wildman–Crippen MR) is 38.2 cm³/mol. The number of ether oxygens (including phenoxy) is 3. The van der Waals surface area contributed by atoms with Crippen LogP contribution in [0.4, 0.5) is 0 Å². The van der Waals surface area contributed by atoms with Crippen molar-refractivity contribution in [1.29, 1.82) is 0 Å². The molecule has 58 valence electrons. The lowest BCUT2D eigenvalue weighted by Crippen LogP contribution is -2.13. The topological polar surface area (TPSA) is 34.3 Å². The summed E-state index contributed by atoms with van der Waals surface area (Å²) < 4.78 is 15.1. The smallest absolute Gasteiger partial charge is 0.169 e. The van der Waals surface area contributed by atoms with Crippen molar-refractivity contribution in [3.8, 4) is 0 Å². The van der Waals surface area contributed by atoms with Gasteiger partial charge < -0.3 is 14.2 Å². The average molecular weight is 209 g/mol. The lowest BCUT2D eigenvalue weighted by Gasteiger charge is -2.02. The molecule has 2 aliphatic heterocycles. The van der Waals surface area contributed by atoms with Crippen molar-refractivity contribution < 1.29 is 14.2 Å². The Hall–Kier alpha value is 0.360. The SMILES string of the molecule is BrC1(COCC2CO2)CO1. The molecule has 4 heteroatoms. The van der Waals surface area contributed by atoms with Gasteiger partial charge in [0.2, 0.25) is 0 Å². The van der Waals surface area contributed by atoms with Crippen LogP contribution in [-0.2, 0) is 14.2 Å². The molecular formula is C6H9BrO3. The van der Waals surface area contributed by atoms with Gasteiger partial charge in [-0.3, -0.25) is 0 Å². The highest BCUT2D eigenvalue weighted by Gasteiger charge is 2.42. The van der Waals surface area contributed by atoms with Crippen LogP contribution in [-0.4, -0.2) is 37.0 Å². The summed E-state index contributed by atoms with van der Waals surface area (Å²) in [5.41, 5.74) is 0. The Morgan fingerprint density at radius 1 is 1.70 bits per heavy atom. The van der Waals surface area contributed by atoms with Crippen molar-refractivity contribution in [2.45, 2.75) is 10.6 Å². The Labute approximate surface area is 67.8 Å². The molecule has 2 atom stereocenters. The third kappa shape index (κ3) is 1.92. The van der Waals surface area contributed by atoms with Gasteiger partial charge in [-0.2, -0.15) is 0 Å². The fourth-order valence-electron chi connectivity index (χ4n) is 0.669. The summed E-state index contributed by atoms with van der Waals surface area (Å²) in [5.74, 6) is 0. The van der Waals surface area contributed by atoms with E-state index in [0.717, 1.165) is 13.2 Å². The number of epoxide rings is 2. The van der Waals surface area contributed by atoms with Crippen LogP contribution in [0.2, 0.25) is 0 Å². The Balaban J connectivity index is 1.54. The van der Waals surface area contributed by atoms with Gasteiger partial charge >= 0.3 is 0 Å². The second kappa shape index (κ2) is 2.44. The number of rotatable bonds is 4. The fraction of sp³-hybridized carbons (Fsp3) is 1.00. The highest BCUT2D eigenvalue weighted by molar-refractivity contribution is 9.10. The van der Waals surface area contributed by atoms with Gasteiger partial charge in [0.25, 0.3) is 0 Å². The van der Waals surface area contributed by atoms with E-state index in [1.807, 2.05) is 0 Å². The Morgan fingerprint density at radius 2 is 2.40 bits per heavy atom. The van der Waals surface area contributed by atoms with E-state index in [9.17, 15) is 0 Å². The van der Waals surface area contributed by atoms with E-state index in [-0.39, 0.29) is 4.51 Å². The first-order chi connectivity index (χ1) is 4.79. The quantitative estimate of drug-likeness (QED) is 0.500. The number of hydrogen-bond donors (Lipinski definition) is 0. The maximum Gasteiger partial charge on any atom is 0.169 e. The summed E-state index contributed by atoms with van der Waals surface area (Å²) in [6.45, 7) is 2.96. The summed E-state index contributed by atoms with van der Waals surface area (Å²) in [6.07, 6.45) is 0.356. The molecule has 0 aliphatic carbocycles. The molecule has 2 heterocycles. The molecule has 0 bridgehead atoms. The van der Waals surface area contributed by atoms with E-state index in [0.29, 0.717) is 19.3 Å². The maximum absolute atomic E-state index is 5.29. The summed E-state index contributed by atoms with van der Waals surface area (Å²) in [4.78, 5) is 0. The summed E-state index contributed by atoms with van der Waals surface area (Å²) >= 11 is 3.37. The fourth-order valence-corrected chi connectivity index (χ4v) is 0.945. The third-order valence-corrected chi connectivity index (χ3v) is 2.17. The summed E-state index contributed by atoms with van der Waals surface area (Å²) in [6, 6.07) is 0. The second-order valence-corrected chi connectivity index (χ2v) is 4.09. The van der Waals surface area contributed by atoms with Crippen LogP contribution in [0, 0.1) is 0 Å². The molecule has 0 amide bonds.